The Labute approximate surface area is 366 Å². The van der Waals surface area contributed by atoms with E-state index in [9.17, 15) is 79.4 Å². The zero-order chi connectivity index (χ0) is 53.1. The standard InChI is InChI=1S/C36H27F23O8S/c1-61-16-12-19(63-3)23(20(13-16)64-4)68(18-10-8-7-9-11-18,24-21(65-5)14-17(62-2)15-22(24)66-6)67-25(60)26(37,38)27(39,40)28(41,42)29(43,44)30(45,46)31(47,48)32(49,50)33(51,52)34(53,54)35(55,56)36(57,58)59/h7-15H,1-6H3. The summed E-state index contributed by atoms with van der Waals surface area (Å²) in [5, 5.41) is 0. The van der Waals surface area contributed by atoms with Crippen LogP contribution in [0.3, 0.4) is 0 Å². The summed E-state index contributed by atoms with van der Waals surface area (Å²) < 4.78 is 366. The van der Waals surface area contributed by atoms with Crippen molar-refractivity contribution in [3.63, 3.8) is 0 Å². The van der Waals surface area contributed by atoms with E-state index in [4.69, 9.17) is 32.6 Å². The van der Waals surface area contributed by atoms with Crippen molar-refractivity contribution in [2.75, 3.05) is 42.7 Å². The lowest BCUT2D eigenvalue weighted by Crippen LogP contribution is -2.78. The normalized spacial score (nSPS) is 14.5. The number of halogens is 23. The van der Waals surface area contributed by atoms with Crippen LogP contribution >= 0.6 is 10.3 Å². The maximum atomic E-state index is 16.0. The molecule has 0 fully saturated rings. The maximum Gasteiger partial charge on any atom is 0.460 e. The highest BCUT2D eigenvalue weighted by Crippen LogP contribution is 2.78. The Morgan fingerprint density at radius 1 is 0.382 bits per heavy atom. The van der Waals surface area contributed by atoms with Gasteiger partial charge in [0.2, 0.25) is 0 Å². The molecule has 3 aromatic rings. The fraction of sp³-hybridized carbons (Fsp3) is 0.472. The first kappa shape index (κ1) is 57.0. The third kappa shape index (κ3) is 7.87. The van der Waals surface area contributed by atoms with Crippen LogP contribution in [0.15, 0.2) is 69.3 Å². The van der Waals surface area contributed by atoms with Gasteiger partial charge < -0.3 is 32.6 Å². The lowest BCUT2D eigenvalue weighted by molar-refractivity contribution is -0.477. The predicted octanol–water partition coefficient (Wildman–Crippen LogP) is 12.4. The molecule has 8 nitrogen and oxygen atoms in total. The Morgan fingerprint density at radius 2 is 0.647 bits per heavy atom. The summed E-state index contributed by atoms with van der Waals surface area (Å²) in [6.45, 7) is 0. The van der Waals surface area contributed by atoms with Crippen molar-refractivity contribution in [2.24, 2.45) is 0 Å². The second kappa shape index (κ2) is 17.9. The van der Waals surface area contributed by atoms with Gasteiger partial charge in [0.05, 0.1) is 42.7 Å². The first-order valence-electron chi connectivity index (χ1n) is 17.2. The van der Waals surface area contributed by atoms with Crippen molar-refractivity contribution in [1.29, 1.82) is 0 Å². The number of carbonyl (C=O) groups excluding carboxylic acids is 1. The molecule has 3 aromatic carbocycles. The van der Waals surface area contributed by atoms with E-state index in [-0.39, 0.29) is 11.5 Å². The van der Waals surface area contributed by atoms with Crippen LogP contribution < -0.4 is 28.4 Å². The van der Waals surface area contributed by atoms with Gasteiger partial charge in [0.15, 0.2) is 0 Å². The van der Waals surface area contributed by atoms with Crippen LogP contribution in [0.4, 0.5) is 101 Å². The molecular weight excluding hydrogens is 1030 g/mol. The molecule has 0 radical (unpaired) electrons. The Balaban J connectivity index is 2.49. The van der Waals surface area contributed by atoms with E-state index in [1.165, 1.54) is 0 Å². The third-order valence-electron chi connectivity index (χ3n) is 9.35. The minimum atomic E-state index is -9.65. The largest absolute Gasteiger partial charge is 0.496 e. The van der Waals surface area contributed by atoms with E-state index in [0.717, 1.165) is 97.3 Å². The lowest BCUT2D eigenvalue weighted by atomic mass is 9.85. The summed E-state index contributed by atoms with van der Waals surface area (Å²) in [6, 6.07) is 7.94. The first-order valence-corrected chi connectivity index (χ1v) is 18.7. The molecule has 0 N–H and O–H groups in total. The topological polar surface area (TPSA) is 81.7 Å². The van der Waals surface area contributed by atoms with Gasteiger partial charge in [-0.25, -0.2) is 4.79 Å². The zero-order valence-corrected chi connectivity index (χ0v) is 34.9. The van der Waals surface area contributed by atoms with Crippen molar-refractivity contribution in [3.05, 3.63) is 54.6 Å². The molecule has 0 aliphatic heterocycles. The van der Waals surface area contributed by atoms with Gasteiger partial charge in [0.1, 0.15) is 44.3 Å². The Hall–Kier alpha value is -5.33. The first-order chi connectivity index (χ1) is 30.6. The molecule has 0 heterocycles. The van der Waals surface area contributed by atoms with Crippen molar-refractivity contribution >= 4 is 16.3 Å². The average molecular weight is 1060 g/mol. The predicted molar refractivity (Wildman–Crippen MR) is 183 cm³/mol. The summed E-state index contributed by atoms with van der Waals surface area (Å²) in [4.78, 5) is 10.9. The van der Waals surface area contributed by atoms with Gasteiger partial charge in [-0.05, 0) is 12.1 Å². The Kier molecular flexibility index (Phi) is 15.0. The smallest absolute Gasteiger partial charge is 0.460 e. The zero-order valence-electron chi connectivity index (χ0n) is 34.1. The quantitative estimate of drug-likeness (QED) is 0.104. The fourth-order valence-corrected chi connectivity index (χ4v) is 9.16. The minimum Gasteiger partial charge on any atom is -0.496 e. The van der Waals surface area contributed by atoms with Crippen LogP contribution in [0.2, 0.25) is 0 Å². The molecule has 0 aliphatic carbocycles. The van der Waals surface area contributed by atoms with Crippen LogP contribution in [0.1, 0.15) is 0 Å². The van der Waals surface area contributed by atoms with Crippen molar-refractivity contribution in [2.45, 2.75) is 80.1 Å². The molecule has 386 valence electrons. The number of carbonyl (C=O) groups is 1. The van der Waals surface area contributed by atoms with E-state index >= 15 is 26.3 Å². The second-order valence-electron chi connectivity index (χ2n) is 13.2. The van der Waals surface area contributed by atoms with Crippen LogP contribution in [-0.2, 0) is 8.98 Å². The molecule has 0 atom stereocenters. The molecule has 0 aromatic heterocycles. The summed E-state index contributed by atoms with van der Waals surface area (Å²) in [6.07, 6.45) is -8.21. The second-order valence-corrected chi connectivity index (χ2v) is 15.8. The summed E-state index contributed by atoms with van der Waals surface area (Å²) in [5.41, 5.74) is 0. The molecule has 32 heteroatoms. The molecule has 3 rings (SSSR count). The summed E-state index contributed by atoms with van der Waals surface area (Å²) >= 11 is 0. The molecule has 0 bridgehead atoms. The van der Waals surface area contributed by atoms with E-state index in [0.29, 0.717) is 0 Å². The number of benzene rings is 3. The molecule has 0 spiro atoms. The van der Waals surface area contributed by atoms with Crippen LogP contribution in [0, 0.1) is 0 Å². The van der Waals surface area contributed by atoms with Crippen LogP contribution in [0.25, 0.3) is 0 Å². The molecule has 0 unspecified atom stereocenters. The Bertz CT molecular complexity index is 2190. The molecule has 0 saturated carbocycles. The number of hydrogen-bond donors (Lipinski definition) is 0. The van der Waals surface area contributed by atoms with Crippen molar-refractivity contribution < 1.29 is 138 Å². The van der Waals surface area contributed by atoms with E-state index in [1.807, 2.05) is 0 Å². The molecule has 0 aliphatic rings. The molecule has 0 saturated heterocycles. The lowest BCUT2D eigenvalue weighted by Gasteiger charge is -2.45. The number of hydrogen-bond acceptors (Lipinski definition) is 8. The van der Waals surface area contributed by atoms with E-state index in [1.54, 1.807) is 0 Å². The van der Waals surface area contributed by atoms with Gasteiger partial charge in [0.25, 0.3) is 0 Å². The highest BCUT2D eigenvalue weighted by molar-refractivity contribution is 8.30. The van der Waals surface area contributed by atoms with Gasteiger partial charge in [-0.2, -0.15) is 101 Å². The van der Waals surface area contributed by atoms with Gasteiger partial charge in [-0.1, -0.05) is 18.2 Å². The monoisotopic (exact) mass is 1060 g/mol. The summed E-state index contributed by atoms with van der Waals surface area (Å²) in [7, 11) is -0.0695. The van der Waals surface area contributed by atoms with E-state index in [2.05, 4.69) is 0 Å². The van der Waals surface area contributed by atoms with Crippen LogP contribution in [0.5, 0.6) is 34.5 Å². The van der Waals surface area contributed by atoms with Gasteiger partial charge >= 0.3 is 71.4 Å². The van der Waals surface area contributed by atoms with Crippen LogP contribution in [-0.4, -0.2) is 114 Å². The number of ether oxygens (including phenoxy) is 6. The van der Waals surface area contributed by atoms with Gasteiger partial charge in [-0.3, -0.25) is 0 Å². The van der Waals surface area contributed by atoms with Crippen molar-refractivity contribution in [3.8, 4) is 34.5 Å². The Morgan fingerprint density at radius 3 is 0.897 bits per heavy atom. The number of rotatable bonds is 20. The molecule has 0 amide bonds. The van der Waals surface area contributed by atoms with Gasteiger partial charge in [-0.15, -0.1) is 0 Å². The van der Waals surface area contributed by atoms with Gasteiger partial charge in [0, 0.05) is 39.5 Å². The third-order valence-corrected chi connectivity index (χ3v) is 12.6. The number of methoxy groups -OCH3 is 6. The minimum absolute atomic E-state index is 0.304. The molecular formula is C36H27F23O8S. The summed E-state index contributed by atoms with van der Waals surface area (Å²) in [5.74, 6) is -99.6. The average Bonchev–Trinajstić information content (AvgIpc) is 3.26. The SMILES string of the molecule is COc1cc(OC)c(S(OC(=O)C(F)(F)C(F)(F)C(F)(F)C(F)(F)C(F)(F)C(F)(F)C(F)(F)C(F)(F)C(F)(F)C(F)(F)C(F)(F)F)(c2ccccc2)c2c(OC)cc(OC)cc2OC)c(OC)c1. The number of alkyl halides is 23. The highest BCUT2D eigenvalue weighted by atomic mass is 32.3. The van der Waals surface area contributed by atoms with E-state index < -0.39 is 119 Å². The highest BCUT2D eigenvalue weighted by Gasteiger charge is 2.99. The maximum absolute atomic E-state index is 16.0. The molecule has 68 heavy (non-hydrogen) atoms. The van der Waals surface area contributed by atoms with Crippen molar-refractivity contribution in [1.82, 2.24) is 0 Å². The fourth-order valence-electron chi connectivity index (χ4n) is 5.64.